The van der Waals surface area contributed by atoms with Crippen molar-refractivity contribution in [1.29, 1.82) is 0 Å². The van der Waals surface area contributed by atoms with Gasteiger partial charge in [0.15, 0.2) is 5.82 Å². The molecule has 0 aliphatic rings. The Balaban J connectivity index is 1.68. The van der Waals surface area contributed by atoms with E-state index in [1.165, 1.54) is 11.8 Å². The van der Waals surface area contributed by atoms with Crippen molar-refractivity contribution in [3.05, 3.63) is 35.8 Å². The summed E-state index contributed by atoms with van der Waals surface area (Å²) in [5.74, 6) is 0.428. The van der Waals surface area contributed by atoms with Crippen LogP contribution in [0.4, 0.5) is 6.01 Å². The molecule has 8 heteroatoms. The van der Waals surface area contributed by atoms with Crippen molar-refractivity contribution < 1.29 is 9.32 Å². The molecule has 1 amide bonds. The molecule has 0 saturated carbocycles. The number of nitrogens with one attached hydrogen (secondary N) is 1. The fourth-order valence-corrected chi connectivity index (χ4v) is 2.60. The van der Waals surface area contributed by atoms with E-state index >= 15 is 0 Å². The minimum Gasteiger partial charge on any atom is -0.315 e. The van der Waals surface area contributed by atoms with Crippen LogP contribution in [0.3, 0.4) is 0 Å². The molecule has 0 bridgehead atoms. The van der Waals surface area contributed by atoms with E-state index in [9.17, 15) is 4.79 Å². The number of carbonyl (C=O) groups is 1. The smallest absolute Gasteiger partial charge is 0.315 e. The molecular weight excluding hydrogens is 302 g/mol. The molecule has 1 N–H and O–H groups in total. The standard InChI is InChI=1S/C14H13N5O2S/c1-8-13(17-11-6-4-3-5-10(11)15-8)22-7-12(20)18-14-16-9(2)19-21-14/h3-6H,7H2,1-2H3,(H,16,18,19,20). The predicted octanol–water partition coefficient (Wildman–Crippen LogP) is 2.36. The molecular formula is C14H13N5O2S. The van der Waals surface area contributed by atoms with Crippen LogP contribution in [-0.4, -0.2) is 31.8 Å². The maximum atomic E-state index is 11.9. The lowest BCUT2D eigenvalue weighted by atomic mass is 10.3. The SMILES string of the molecule is Cc1noc(NC(=O)CSc2nc3ccccc3nc2C)n1. The molecule has 7 nitrogen and oxygen atoms in total. The maximum Gasteiger partial charge on any atom is 0.328 e. The average molecular weight is 315 g/mol. The monoisotopic (exact) mass is 315 g/mol. The van der Waals surface area contributed by atoms with E-state index in [-0.39, 0.29) is 17.7 Å². The van der Waals surface area contributed by atoms with E-state index < -0.39 is 0 Å². The second-order valence-electron chi connectivity index (χ2n) is 4.59. The highest BCUT2D eigenvalue weighted by Gasteiger charge is 2.11. The van der Waals surface area contributed by atoms with Gasteiger partial charge in [-0.3, -0.25) is 10.1 Å². The lowest BCUT2D eigenvalue weighted by Crippen LogP contribution is -2.14. The van der Waals surface area contributed by atoms with Gasteiger partial charge in [-0.05, 0) is 26.0 Å². The van der Waals surface area contributed by atoms with Crippen LogP contribution in [0.25, 0.3) is 11.0 Å². The average Bonchev–Trinajstić information content (AvgIpc) is 2.90. The van der Waals surface area contributed by atoms with E-state index in [0.717, 1.165) is 21.8 Å². The quantitative estimate of drug-likeness (QED) is 0.738. The number of thioether (sulfide) groups is 1. The first-order valence-electron chi connectivity index (χ1n) is 6.58. The van der Waals surface area contributed by atoms with Gasteiger partial charge in [0, 0.05) is 0 Å². The number of aromatic nitrogens is 4. The Morgan fingerprint density at radius 1 is 1.18 bits per heavy atom. The lowest BCUT2D eigenvalue weighted by Gasteiger charge is -2.05. The molecule has 3 aromatic rings. The van der Waals surface area contributed by atoms with Gasteiger partial charge in [-0.15, -0.1) is 0 Å². The number of hydrogen-bond acceptors (Lipinski definition) is 7. The predicted molar refractivity (Wildman–Crippen MR) is 82.7 cm³/mol. The third kappa shape index (κ3) is 3.22. The summed E-state index contributed by atoms with van der Waals surface area (Å²) < 4.78 is 4.84. The van der Waals surface area contributed by atoms with Crippen LogP contribution >= 0.6 is 11.8 Å². The van der Waals surface area contributed by atoms with Crippen molar-refractivity contribution in [2.24, 2.45) is 0 Å². The summed E-state index contributed by atoms with van der Waals surface area (Å²) >= 11 is 1.32. The van der Waals surface area contributed by atoms with Crippen molar-refractivity contribution in [2.45, 2.75) is 18.9 Å². The fourth-order valence-electron chi connectivity index (χ4n) is 1.85. The van der Waals surface area contributed by atoms with Gasteiger partial charge < -0.3 is 4.52 Å². The molecule has 2 heterocycles. The third-order valence-electron chi connectivity index (χ3n) is 2.82. The molecule has 112 valence electrons. The molecule has 0 saturated heterocycles. The van der Waals surface area contributed by atoms with E-state index in [1.54, 1.807) is 6.92 Å². The Hall–Kier alpha value is -2.48. The summed E-state index contributed by atoms with van der Waals surface area (Å²) in [6.45, 7) is 3.56. The van der Waals surface area contributed by atoms with Gasteiger partial charge >= 0.3 is 6.01 Å². The first-order chi connectivity index (χ1) is 10.6. The zero-order valence-corrected chi connectivity index (χ0v) is 12.8. The second kappa shape index (κ2) is 6.10. The Kier molecular flexibility index (Phi) is 4.01. The van der Waals surface area contributed by atoms with E-state index in [4.69, 9.17) is 4.52 Å². The van der Waals surface area contributed by atoms with Crippen molar-refractivity contribution in [3.63, 3.8) is 0 Å². The normalized spacial score (nSPS) is 10.8. The number of amides is 1. The topological polar surface area (TPSA) is 93.8 Å². The highest BCUT2D eigenvalue weighted by Crippen LogP contribution is 2.21. The highest BCUT2D eigenvalue weighted by molar-refractivity contribution is 8.00. The number of aryl methyl sites for hydroxylation is 2. The summed E-state index contributed by atoms with van der Waals surface area (Å²) in [6.07, 6.45) is 0. The maximum absolute atomic E-state index is 11.9. The summed E-state index contributed by atoms with van der Waals surface area (Å²) in [4.78, 5) is 24.8. The molecule has 0 aliphatic heterocycles. The zero-order valence-electron chi connectivity index (χ0n) is 12.0. The Morgan fingerprint density at radius 2 is 1.91 bits per heavy atom. The molecule has 2 aromatic heterocycles. The van der Waals surface area contributed by atoms with Gasteiger partial charge in [0.25, 0.3) is 0 Å². The first-order valence-corrected chi connectivity index (χ1v) is 7.57. The summed E-state index contributed by atoms with van der Waals surface area (Å²) in [5, 5.41) is 6.88. The van der Waals surface area contributed by atoms with E-state index in [2.05, 4.69) is 25.4 Å². The molecule has 0 atom stereocenters. The van der Waals surface area contributed by atoms with Crippen LogP contribution in [0, 0.1) is 13.8 Å². The number of para-hydroxylation sites is 2. The Bertz CT molecular complexity index is 833. The molecule has 3 rings (SSSR count). The minimum absolute atomic E-state index is 0.101. The van der Waals surface area contributed by atoms with E-state index in [0.29, 0.717) is 5.82 Å². The minimum atomic E-state index is -0.233. The number of carbonyl (C=O) groups excluding carboxylic acids is 1. The molecule has 22 heavy (non-hydrogen) atoms. The van der Waals surface area contributed by atoms with Crippen molar-refractivity contribution in [1.82, 2.24) is 20.1 Å². The number of nitrogens with zero attached hydrogens (tertiary/aromatic N) is 4. The van der Waals surface area contributed by atoms with Gasteiger partial charge in [-0.2, -0.15) is 4.98 Å². The largest absolute Gasteiger partial charge is 0.328 e. The van der Waals surface area contributed by atoms with Gasteiger partial charge in [0.1, 0.15) is 5.03 Å². The summed E-state index contributed by atoms with van der Waals surface area (Å²) in [7, 11) is 0. The summed E-state index contributed by atoms with van der Waals surface area (Å²) in [6, 6.07) is 7.74. The summed E-state index contributed by atoms with van der Waals surface area (Å²) in [5.41, 5.74) is 2.45. The van der Waals surface area contributed by atoms with Crippen LogP contribution in [0.5, 0.6) is 0 Å². The molecule has 1 aromatic carbocycles. The van der Waals surface area contributed by atoms with E-state index in [1.807, 2.05) is 31.2 Å². The Labute approximate surface area is 130 Å². The number of fused-ring (bicyclic) bond motifs is 1. The molecule has 0 fully saturated rings. The van der Waals surface area contributed by atoms with Crippen molar-refractivity contribution in [2.75, 3.05) is 11.1 Å². The number of hydrogen-bond donors (Lipinski definition) is 1. The Morgan fingerprint density at radius 3 is 2.59 bits per heavy atom. The van der Waals surface area contributed by atoms with Crippen LogP contribution in [-0.2, 0) is 4.79 Å². The van der Waals surface area contributed by atoms with Gasteiger partial charge in [-0.25, -0.2) is 9.97 Å². The van der Waals surface area contributed by atoms with Gasteiger partial charge in [0.2, 0.25) is 5.91 Å². The fraction of sp³-hybridized carbons (Fsp3) is 0.214. The lowest BCUT2D eigenvalue weighted by molar-refractivity contribution is -0.114. The molecule has 0 aliphatic carbocycles. The van der Waals surface area contributed by atoms with Crippen LogP contribution in [0.2, 0.25) is 0 Å². The zero-order chi connectivity index (χ0) is 15.5. The third-order valence-corrected chi connectivity index (χ3v) is 3.88. The number of rotatable bonds is 4. The first kappa shape index (κ1) is 14.5. The molecule has 0 unspecified atom stereocenters. The van der Waals surface area contributed by atoms with Gasteiger partial charge in [0.05, 0.1) is 22.5 Å². The number of benzene rings is 1. The van der Waals surface area contributed by atoms with Crippen molar-refractivity contribution >= 4 is 34.7 Å². The molecule has 0 spiro atoms. The van der Waals surface area contributed by atoms with Crippen LogP contribution < -0.4 is 5.32 Å². The van der Waals surface area contributed by atoms with Crippen LogP contribution in [0.15, 0.2) is 33.8 Å². The van der Waals surface area contributed by atoms with Crippen LogP contribution in [0.1, 0.15) is 11.5 Å². The van der Waals surface area contributed by atoms with Gasteiger partial charge in [-0.1, -0.05) is 29.1 Å². The molecule has 0 radical (unpaired) electrons. The van der Waals surface area contributed by atoms with Crippen molar-refractivity contribution in [3.8, 4) is 0 Å². The highest BCUT2D eigenvalue weighted by atomic mass is 32.2. The number of anilines is 1. The second-order valence-corrected chi connectivity index (χ2v) is 5.55.